The Balaban J connectivity index is 1.83. The Morgan fingerprint density at radius 3 is 2.23 bits per heavy atom. The van der Waals surface area contributed by atoms with Crippen LogP contribution in [-0.2, 0) is 28.3 Å². The summed E-state index contributed by atoms with van der Waals surface area (Å²) in [6.07, 6.45) is 2.35. The topological polar surface area (TPSA) is 49.4 Å². The summed E-state index contributed by atoms with van der Waals surface area (Å²) in [6.45, 7) is 3.01. The number of hydrogen-bond acceptors (Lipinski definition) is 3. The molecule has 0 radical (unpaired) electrons. The first-order valence-electron chi connectivity index (χ1n) is 12.0. The van der Waals surface area contributed by atoms with E-state index in [0.717, 1.165) is 29.7 Å². The highest BCUT2D eigenvalue weighted by Crippen LogP contribution is 2.20. The van der Waals surface area contributed by atoms with Crippen molar-refractivity contribution in [3.63, 3.8) is 0 Å². The van der Waals surface area contributed by atoms with Gasteiger partial charge in [-0.2, -0.15) is 0 Å². The van der Waals surface area contributed by atoms with Crippen LogP contribution in [-0.4, -0.2) is 35.1 Å². The molecule has 4 nitrogen and oxygen atoms in total. The zero-order valence-corrected chi connectivity index (χ0v) is 21.7. The number of carbonyl (C=O) groups is 2. The van der Waals surface area contributed by atoms with E-state index < -0.39 is 6.04 Å². The molecule has 3 aromatic carbocycles. The first kappa shape index (κ1) is 26.8. The Bertz CT molecular complexity index is 1060. The van der Waals surface area contributed by atoms with Gasteiger partial charge in [-0.15, -0.1) is 11.8 Å². The van der Waals surface area contributed by atoms with Crippen molar-refractivity contribution in [3.05, 3.63) is 107 Å². The lowest BCUT2D eigenvalue weighted by atomic mass is 10.0. The molecule has 0 aliphatic carbocycles. The van der Waals surface area contributed by atoms with Crippen molar-refractivity contribution in [2.45, 2.75) is 44.5 Å². The number of nitrogens with one attached hydrogen (secondary N) is 1. The minimum atomic E-state index is -0.613. The number of thioether (sulfide) groups is 1. The summed E-state index contributed by atoms with van der Waals surface area (Å²) in [6, 6.07) is 26.8. The molecule has 35 heavy (non-hydrogen) atoms. The van der Waals surface area contributed by atoms with Crippen LogP contribution in [0.1, 0.15) is 36.5 Å². The van der Waals surface area contributed by atoms with E-state index in [0.29, 0.717) is 30.3 Å². The summed E-state index contributed by atoms with van der Waals surface area (Å²) in [5, 5.41) is 3.66. The van der Waals surface area contributed by atoms with Gasteiger partial charge >= 0.3 is 0 Å². The molecule has 1 atom stereocenters. The van der Waals surface area contributed by atoms with Gasteiger partial charge in [-0.25, -0.2) is 0 Å². The summed E-state index contributed by atoms with van der Waals surface area (Å²) in [5.74, 6) is 0.857. The Hall–Kier alpha value is -2.76. The Morgan fingerprint density at radius 2 is 1.57 bits per heavy atom. The minimum absolute atomic E-state index is 0.0579. The molecule has 0 aliphatic heterocycles. The fourth-order valence-electron chi connectivity index (χ4n) is 3.81. The normalized spacial score (nSPS) is 11.6. The maximum Gasteiger partial charge on any atom is 0.243 e. The third-order valence-electron chi connectivity index (χ3n) is 5.68. The Kier molecular flexibility index (Phi) is 11.2. The van der Waals surface area contributed by atoms with Gasteiger partial charge in [-0.05, 0) is 35.2 Å². The van der Waals surface area contributed by atoms with E-state index >= 15 is 0 Å². The SMILES string of the molecule is CCCCNC(=O)[C@@H](Cc1ccccc1)N(Cc1cccc(Cl)c1)C(=O)CSCc1ccccc1. The molecule has 0 bridgehead atoms. The van der Waals surface area contributed by atoms with Crippen LogP contribution in [0.2, 0.25) is 5.02 Å². The van der Waals surface area contributed by atoms with Crippen LogP contribution in [0.5, 0.6) is 0 Å². The second-order valence-electron chi connectivity index (χ2n) is 8.48. The van der Waals surface area contributed by atoms with Crippen LogP contribution in [0.25, 0.3) is 0 Å². The highest BCUT2D eigenvalue weighted by atomic mass is 35.5. The second-order valence-corrected chi connectivity index (χ2v) is 9.90. The van der Waals surface area contributed by atoms with E-state index in [9.17, 15) is 9.59 Å². The Labute approximate surface area is 218 Å². The smallest absolute Gasteiger partial charge is 0.243 e. The van der Waals surface area contributed by atoms with Gasteiger partial charge in [0.25, 0.3) is 0 Å². The molecular formula is C29H33ClN2O2S. The standard InChI is InChI=1S/C29H33ClN2O2S/c1-2-3-17-31-29(34)27(19-23-11-6-4-7-12-23)32(20-25-15-10-16-26(30)18-25)28(33)22-35-21-24-13-8-5-9-14-24/h4-16,18,27H,2-3,17,19-22H2,1H3,(H,31,34)/t27-/m1/s1. The largest absolute Gasteiger partial charge is 0.354 e. The molecule has 1 N–H and O–H groups in total. The van der Waals surface area contributed by atoms with Crippen molar-refractivity contribution in [3.8, 4) is 0 Å². The van der Waals surface area contributed by atoms with Crippen molar-refractivity contribution in [1.82, 2.24) is 10.2 Å². The van der Waals surface area contributed by atoms with Gasteiger partial charge in [-0.1, -0.05) is 97.7 Å². The van der Waals surface area contributed by atoms with E-state index in [1.54, 1.807) is 16.7 Å². The molecule has 0 unspecified atom stereocenters. The molecule has 0 saturated heterocycles. The van der Waals surface area contributed by atoms with E-state index in [4.69, 9.17) is 11.6 Å². The molecule has 0 saturated carbocycles. The number of amides is 2. The first-order valence-corrected chi connectivity index (χ1v) is 13.6. The molecule has 184 valence electrons. The quantitative estimate of drug-likeness (QED) is 0.282. The number of carbonyl (C=O) groups excluding carboxylic acids is 2. The fourth-order valence-corrected chi connectivity index (χ4v) is 4.89. The zero-order chi connectivity index (χ0) is 24.9. The Morgan fingerprint density at radius 1 is 0.914 bits per heavy atom. The van der Waals surface area contributed by atoms with E-state index in [1.807, 2.05) is 72.8 Å². The summed E-state index contributed by atoms with van der Waals surface area (Å²) in [7, 11) is 0. The highest BCUT2D eigenvalue weighted by molar-refractivity contribution is 7.99. The molecule has 3 aromatic rings. The lowest BCUT2D eigenvalue weighted by molar-refractivity contribution is -0.139. The average Bonchev–Trinajstić information content (AvgIpc) is 2.87. The van der Waals surface area contributed by atoms with Gasteiger partial charge in [0.2, 0.25) is 11.8 Å². The molecule has 0 aliphatic rings. The lowest BCUT2D eigenvalue weighted by Crippen LogP contribution is -2.51. The van der Waals surface area contributed by atoms with Crippen LogP contribution in [0.4, 0.5) is 0 Å². The molecule has 0 spiro atoms. The molecule has 0 fully saturated rings. The van der Waals surface area contributed by atoms with Crippen LogP contribution in [0.15, 0.2) is 84.9 Å². The summed E-state index contributed by atoms with van der Waals surface area (Å²) in [4.78, 5) is 28.7. The van der Waals surface area contributed by atoms with Crippen LogP contribution in [0, 0.1) is 0 Å². The summed E-state index contributed by atoms with van der Waals surface area (Å²) < 4.78 is 0. The van der Waals surface area contributed by atoms with Crippen molar-refractivity contribution < 1.29 is 9.59 Å². The van der Waals surface area contributed by atoms with E-state index in [1.165, 1.54) is 5.56 Å². The van der Waals surface area contributed by atoms with Gasteiger partial charge in [0.05, 0.1) is 5.75 Å². The predicted octanol–water partition coefficient (Wildman–Crippen LogP) is 6.13. The van der Waals surface area contributed by atoms with E-state index in [-0.39, 0.29) is 11.8 Å². The zero-order valence-electron chi connectivity index (χ0n) is 20.2. The third-order valence-corrected chi connectivity index (χ3v) is 6.90. The van der Waals surface area contributed by atoms with Gasteiger partial charge in [-0.3, -0.25) is 9.59 Å². The highest BCUT2D eigenvalue weighted by Gasteiger charge is 2.30. The maximum atomic E-state index is 13.6. The number of hydrogen-bond donors (Lipinski definition) is 1. The van der Waals surface area contributed by atoms with Crippen LogP contribution in [0.3, 0.4) is 0 Å². The molecule has 2 amide bonds. The summed E-state index contributed by atoms with van der Waals surface area (Å²) >= 11 is 7.79. The van der Waals surface area contributed by atoms with Crippen molar-refractivity contribution in [2.75, 3.05) is 12.3 Å². The predicted molar refractivity (Wildman–Crippen MR) is 146 cm³/mol. The van der Waals surface area contributed by atoms with Gasteiger partial charge in [0.1, 0.15) is 6.04 Å². The second kappa shape index (κ2) is 14.6. The number of halogens is 1. The monoisotopic (exact) mass is 508 g/mol. The molecule has 6 heteroatoms. The fraction of sp³-hybridized carbons (Fsp3) is 0.310. The van der Waals surface area contributed by atoms with Crippen molar-refractivity contribution >= 4 is 35.2 Å². The maximum absolute atomic E-state index is 13.6. The van der Waals surface area contributed by atoms with Crippen LogP contribution < -0.4 is 5.32 Å². The van der Waals surface area contributed by atoms with Gasteiger partial charge in [0.15, 0.2) is 0 Å². The minimum Gasteiger partial charge on any atom is -0.354 e. The summed E-state index contributed by atoms with van der Waals surface area (Å²) in [5.41, 5.74) is 3.09. The molecular weight excluding hydrogens is 476 g/mol. The number of nitrogens with zero attached hydrogens (tertiary/aromatic N) is 1. The molecule has 0 heterocycles. The first-order chi connectivity index (χ1) is 17.1. The number of unbranched alkanes of at least 4 members (excludes halogenated alkanes) is 1. The van der Waals surface area contributed by atoms with Gasteiger partial charge in [0, 0.05) is 30.3 Å². The van der Waals surface area contributed by atoms with E-state index in [2.05, 4.69) is 24.4 Å². The van der Waals surface area contributed by atoms with Gasteiger partial charge < -0.3 is 10.2 Å². The molecule has 3 rings (SSSR count). The number of benzene rings is 3. The molecule has 0 aromatic heterocycles. The van der Waals surface area contributed by atoms with Crippen molar-refractivity contribution in [1.29, 1.82) is 0 Å². The average molecular weight is 509 g/mol. The van der Waals surface area contributed by atoms with Crippen molar-refractivity contribution in [2.24, 2.45) is 0 Å². The number of rotatable bonds is 13. The lowest BCUT2D eigenvalue weighted by Gasteiger charge is -2.31. The third kappa shape index (κ3) is 9.08. The van der Waals surface area contributed by atoms with Crippen LogP contribution >= 0.6 is 23.4 Å².